The van der Waals surface area contributed by atoms with Crippen LogP contribution in [-0.4, -0.2) is 24.5 Å². The van der Waals surface area contributed by atoms with E-state index < -0.39 is 0 Å². The van der Waals surface area contributed by atoms with Gasteiger partial charge in [-0.05, 0) is 31.7 Å². The number of hydrogen-bond acceptors (Lipinski definition) is 2. The average molecular weight is 196 g/mol. The number of nitrogens with zero attached hydrogens (tertiary/aromatic N) is 1. The van der Waals surface area contributed by atoms with Gasteiger partial charge >= 0.3 is 0 Å². The minimum absolute atomic E-state index is 0.167. The number of halogens is 1. The Morgan fingerprint density at radius 3 is 2.43 bits per heavy atom. The summed E-state index contributed by atoms with van der Waals surface area (Å²) in [6.45, 7) is 3.63. The Kier molecular flexibility index (Phi) is 4.04. The van der Waals surface area contributed by atoms with Gasteiger partial charge < -0.3 is 10.6 Å². The fraction of sp³-hybridized carbons (Fsp3) is 0.455. The zero-order valence-corrected chi connectivity index (χ0v) is 8.70. The molecular weight excluding hydrogens is 179 g/mol. The molecule has 0 heterocycles. The predicted octanol–water partition coefficient (Wildman–Crippen LogP) is 1.60. The summed E-state index contributed by atoms with van der Waals surface area (Å²) in [5.41, 5.74) is 6.78. The first-order chi connectivity index (χ1) is 6.58. The van der Waals surface area contributed by atoms with Crippen molar-refractivity contribution >= 4 is 0 Å². The van der Waals surface area contributed by atoms with E-state index in [9.17, 15) is 4.39 Å². The molecule has 0 spiro atoms. The van der Waals surface area contributed by atoms with Crippen LogP contribution in [-0.2, 0) is 6.54 Å². The van der Waals surface area contributed by atoms with Crippen molar-refractivity contribution < 1.29 is 4.39 Å². The molecule has 2 nitrogen and oxygen atoms in total. The van der Waals surface area contributed by atoms with Crippen LogP contribution in [0.1, 0.15) is 12.5 Å². The average Bonchev–Trinajstić information content (AvgIpc) is 2.07. The van der Waals surface area contributed by atoms with Gasteiger partial charge in [-0.25, -0.2) is 4.39 Å². The van der Waals surface area contributed by atoms with Gasteiger partial charge in [0, 0.05) is 19.1 Å². The lowest BCUT2D eigenvalue weighted by atomic mass is 10.2. The van der Waals surface area contributed by atoms with Gasteiger partial charge in [-0.2, -0.15) is 0 Å². The Labute approximate surface area is 84.5 Å². The lowest BCUT2D eigenvalue weighted by Gasteiger charge is -2.18. The van der Waals surface area contributed by atoms with E-state index >= 15 is 0 Å². The molecule has 0 bridgehead atoms. The van der Waals surface area contributed by atoms with Gasteiger partial charge in [-0.1, -0.05) is 12.1 Å². The standard InChI is InChI=1S/C11H17FN2/c1-9(13)7-14(2)8-10-3-5-11(12)6-4-10/h3-6,9H,7-8,13H2,1-2H3. The molecule has 0 aliphatic carbocycles. The molecule has 0 amide bonds. The van der Waals surface area contributed by atoms with Gasteiger partial charge in [0.15, 0.2) is 0 Å². The minimum atomic E-state index is -0.191. The number of nitrogens with two attached hydrogens (primary N) is 1. The van der Waals surface area contributed by atoms with E-state index in [4.69, 9.17) is 5.73 Å². The molecule has 78 valence electrons. The van der Waals surface area contributed by atoms with Crippen LogP contribution in [0.4, 0.5) is 4.39 Å². The molecule has 0 saturated carbocycles. The normalized spacial score (nSPS) is 13.2. The molecule has 0 aliphatic heterocycles. The van der Waals surface area contributed by atoms with Crippen molar-refractivity contribution in [3.8, 4) is 0 Å². The molecule has 14 heavy (non-hydrogen) atoms. The molecule has 0 saturated heterocycles. The second-order valence-corrected chi connectivity index (χ2v) is 3.80. The van der Waals surface area contributed by atoms with Gasteiger partial charge in [-0.15, -0.1) is 0 Å². The van der Waals surface area contributed by atoms with E-state index in [0.29, 0.717) is 0 Å². The highest BCUT2D eigenvalue weighted by atomic mass is 19.1. The first kappa shape index (κ1) is 11.1. The van der Waals surface area contributed by atoms with Crippen molar-refractivity contribution in [2.75, 3.05) is 13.6 Å². The number of hydrogen-bond donors (Lipinski definition) is 1. The quantitative estimate of drug-likeness (QED) is 0.792. The van der Waals surface area contributed by atoms with E-state index in [1.807, 2.05) is 14.0 Å². The Hall–Kier alpha value is -0.930. The van der Waals surface area contributed by atoms with Crippen molar-refractivity contribution in [1.29, 1.82) is 0 Å². The first-order valence-electron chi connectivity index (χ1n) is 4.76. The van der Waals surface area contributed by atoms with Crippen LogP contribution in [0, 0.1) is 5.82 Å². The summed E-state index contributed by atoms with van der Waals surface area (Å²) in [6, 6.07) is 6.73. The number of benzene rings is 1. The molecule has 0 aliphatic rings. The molecular formula is C11H17FN2. The van der Waals surface area contributed by atoms with Gasteiger partial charge in [-0.3, -0.25) is 0 Å². The third kappa shape index (κ3) is 3.85. The number of rotatable bonds is 4. The summed E-state index contributed by atoms with van der Waals surface area (Å²) in [5.74, 6) is -0.191. The largest absolute Gasteiger partial charge is 0.327 e. The fourth-order valence-corrected chi connectivity index (χ4v) is 1.46. The van der Waals surface area contributed by atoms with Crippen molar-refractivity contribution in [2.24, 2.45) is 5.73 Å². The van der Waals surface area contributed by atoms with E-state index in [-0.39, 0.29) is 11.9 Å². The molecule has 1 unspecified atom stereocenters. The van der Waals surface area contributed by atoms with Gasteiger partial charge in [0.1, 0.15) is 5.82 Å². The van der Waals surface area contributed by atoms with Gasteiger partial charge in [0.05, 0.1) is 0 Å². The SMILES string of the molecule is CC(N)CN(C)Cc1ccc(F)cc1. The zero-order valence-electron chi connectivity index (χ0n) is 8.70. The Morgan fingerprint density at radius 2 is 1.93 bits per heavy atom. The summed E-state index contributed by atoms with van der Waals surface area (Å²) in [4.78, 5) is 2.12. The fourth-order valence-electron chi connectivity index (χ4n) is 1.46. The smallest absolute Gasteiger partial charge is 0.123 e. The predicted molar refractivity (Wildman–Crippen MR) is 56.4 cm³/mol. The topological polar surface area (TPSA) is 29.3 Å². The molecule has 0 aromatic heterocycles. The summed E-state index contributed by atoms with van der Waals surface area (Å²) >= 11 is 0. The van der Waals surface area contributed by atoms with E-state index in [0.717, 1.165) is 18.7 Å². The zero-order chi connectivity index (χ0) is 10.6. The van der Waals surface area contributed by atoms with E-state index in [1.165, 1.54) is 12.1 Å². The maximum Gasteiger partial charge on any atom is 0.123 e. The van der Waals surface area contributed by atoms with Crippen LogP contribution in [0.5, 0.6) is 0 Å². The Bertz CT molecular complexity index is 269. The van der Waals surface area contributed by atoms with E-state index in [2.05, 4.69) is 4.90 Å². The molecule has 2 N–H and O–H groups in total. The monoisotopic (exact) mass is 196 g/mol. The maximum absolute atomic E-state index is 12.6. The van der Waals surface area contributed by atoms with Crippen molar-refractivity contribution in [3.63, 3.8) is 0 Å². The Morgan fingerprint density at radius 1 is 1.36 bits per heavy atom. The van der Waals surface area contributed by atoms with Crippen LogP contribution in [0.15, 0.2) is 24.3 Å². The first-order valence-corrected chi connectivity index (χ1v) is 4.76. The van der Waals surface area contributed by atoms with Crippen molar-refractivity contribution in [2.45, 2.75) is 19.5 Å². The molecule has 0 radical (unpaired) electrons. The second kappa shape index (κ2) is 5.08. The van der Waals surface area contributed by atoms with Crippen LogP contribution in [0.25, 0.3) is 0 Å². The molecule has 1 aromatic carbocycles. The van der Waals surface area contributed by atoms with Gasteiger partial charge in [0.2, 0.25) is 0 Å². The summed E-state index contributed by atoms with van der Waals surface area (Å²) < 4.78 is 12.6. The Balaban J connectivity index is 2.47. The second-order valence-electron chi connectivity index (χ2n) is 3.80. The third-order valence-electron chi connectivity index (χ3n) is 1.97. The lowest BCUT2D eigenvalue weighted by molar-refractivity contribution is 0.310. The summed E-state index contributed by atoms with van der Waals surface area (Å²) in [6.07, 6.45) is 0. The summed E-state index contributed by atoms with van der Waals surface area (Å²) in [5, 5.41) is 0. The van der Waals surface area contributed by atoms with Gasteiger partial charge in [0.25, 0.3) is 0 Å². The molecule has 0 fully saturated rings. The van der Waals surface area contributed by atoms with E-state index in [1.54, 1.807) is 12.1 Å². The summed E-state index contributed by atoms with van der Waals surface area (Å²) in [7, 11) is 2.01. The third-order valence-corrected chi connectivity index (χ3v) is 1.97. The van der Waals surface area contributed by atoms with Crippen LogP contribution in [0.3, 0.4) is 0 Å². The highest BCUT2D eigenvalue weighted by Gasteiger charge is 2.02. The number of likely N-dealkylation sites (N-methyl/N-ethyl adjacent to an activating group) is 1. The van der Waals surface area contributed by atoms with Crippen LogP contribution >= 0.6 is 0 Å². The van der Waals surface area contributed by atoms with Crippen LogP contribution < -0.4 is 5.73 Å². The molecule has 1 atom stereocenters. The minimum Gasteiger partial charge on any atom is -0.327 e. The highest BCUT2D eigenvalue weighted by molar-refractivity contribution is 5.15. The maximum atomic E-state index is 12.6. The highest BCUT2D eigenvalue weighted by Crippen LogP contribution is 2.05. The lowest BCUT2D eigenvalue weighted by Crippen LogP contribution is -2.32. The molecule has 3 heteroatoms. The van der Waals surface area contributed by atoms with Crippen LogP contribution in [0.2, 0.25) is 0 Å². The van der Waals surface area contributed by atoms with Crippen molar-refractivity contribution in [3.05, 3.63) is 35.6 Å². The molecule has 1 aromatic rings. The van der Waals surface area contributed by atoms with Crippen molar-refractivity contribution in [1.82, 2.24) is 4.90 Å². The molecule has 1 rings (SSSR count).